The zero-order valence-electron chi connectivity index (χ0n) is 20.7. The van der Waals surface area contributed by atoms with Crippen LogP contribution in [-0.4, -0.2) is 12.4 Å². The first kappa shape index (κ1) is 28.6. The van der Waals surface area contributed by atoms with Crippen molar-refractivity contribution in [1.29, 1.82) is 10.5 Å². The summed E-state index contributed by atoms with van der Waals surface area (Å²) in [7, 11) is 0. The monoisotopic (exact) mass is 568 g/mol. The van der Waals surface area contributed by atoms with Crippen LogP contribution in [0.4, 0.5) is 37.7 Å². The Morgan fingerprint density at radius 3 is 0.976 bits per heavy atom. The van der Waals surface area contributed by atoms with E-state index in [1.54, 1.807) is 12.4 Å². The molecule has 0 aliphatic heterocycles. The van der Waals surface area contributed by atoms with Gasteiger partial charge >= 0.3 is 12.4 Å². The summed E-state index contributed by atoms with van der Waals surface area (Å²) in [5, 5.41) is 22.1. The van der Waals surface area contributed by atoms with Gasteiger partial charge in [0.15, 0.2) is 12.4 Å². The molecule has 4 aromatic carbocycles. The third-order valence-electron chi connectivity index (χ3n) is 6.01. The number of hydrogen-bond donors (Lipinski definition) is 2. The van der Waals surface area contributed by atoms with Crippen LogP contribution >= 0.6 is 0 Å². The Hall–Kier alpha value is -5.36. The molecule has 0 unspecified atom stereocenters. The Bertz CT molecular complexity index is 1430. The molecule has 6 nitrogen and oxygen atoms in total. The molecule has 0 bridgehead atoms. The van der Waals surface area contributed by atoms with Gasteiger partial charge in [0.1, 0.15) is 23.0 Å². The van der Waals surface area contributed by atoms with Gasteiger partial charge in [0.25, 0.3) is 0 Å². The lowest BCUT2D eigenvalue weighted by molar-refractivity contribution is -0.288. The van der Waals surface area contributed by atoms with Crippen LogP contribution in [0.25, 0.3) is 0 Å². The van der Waals surface area contributed by atoms with E-state index in [2.05, 4.69) is 10.6 Å². The Morgan fingerprint density at radius 2 is 0.732 bits per heavy atom. The molecule has 0 saturated heterocycles. The lowest BCUT2D eigenvalue weighted by atomic mass is 9.73. The summed E-state index contributed by atoms with van der Waals surface area (Å²) in [6.45, 7) is 0. The van der Waals surface area contributed by atoms with Crippen molar-refractivity contribution in [2.24, 2.45) is 0 Å². The molecule has 4 aromatic rings. The first-order chi connectivity index (χ1) is 19.5. The van der Waals surface area contributed by atoms with Gasteiger partial charge in [-0.05, 0) is 83.9 Å². The fourth-order valence-electron chi connectivity index (χ4n) is 4.14. The fraction of sp³-hybridized carbons (Fsp3) is 0.103. The number of nitriles is 2. The summed E-state index contributed by atoms with van der Waals surface area (Å²) >= 11 is 0. The molecule has 0 aromatic heterocycles. The number of nitrogens with zero attached hydrogens (tertiary/aromatic N) is 2. The van der Waals surface area contributed by atoms with E-state index in [0.717, 1.165) is 48.5 Å². The highest BCUT2D eigenvalue weighted by molar-refractivity contribution is 5.52. The van der Waals surface area contributed by atoms with E-state index < -0.39 is 28.9 Å². The molecule has 2 N–H and O–H groups in total. The zero-order chi connectivity index (χ0) is 29.7. The number of ether oxygens (including phenoxy) is 2. The van der Waals surface area contributed by atoms with Gasteiger partial charge in [-0.1, -0.05) is 24.3 Å². The van der Waals surface area contributed by atoms with E-state index >= 15 is 0 Å². The van der Waals surface area contributed by atoms with Gasteiger partial charge < -0.3 is 9.47 Å². The van der Waals surface area contributed by atoms with E-state index in [0.29, 0.717) is 11.4 Å². The Morgan fingerprint density at radius 1 is 0.463 bits per heavy atom. The second kappa shape index (κ2) is 11.4. The highest BCUT2D eigenvalue weighted by Crippen LogP contribution is 2.56. The van der Waals surface area contributed by atoms with Crippen LogP contribution in [-0.2, 0) is 5.41 Å². The van der Waals surface area contributed by atoms with E-state index in [1.165, 1.54) is 48.5 Å². The molecule has 0 saturated carbocycles. The van der Waals surface area contributed by atoms with Crippen molar-refractivity contribution in [2.75, 3.05) is 10.6 Å². The third kappa shape index (κ3) is 5.97. The van der Waals surface area contributed by atoms with Crippen molar-refractivity contribution in [3.8, 4) is 35.4 Å². The highest BCUT2D eigenvalue weighted by atomic mass is 19.4. The predicted octanol–water partition coefficient (Wildman–Crippen LogP) is 8.47. The van der Waals surface area contributed by atoms with Gasteiger partial charge in [-0.25, -0.2) is 0 Å². The molecule has 0 fully saturated rings. The Balaban J connectivity index is 1.65. The summed E-state index contributed by atoms with van der Waals surface area (Å²) in [4.78, 5) is 0. The third-order valence-corrected chi connectivity index (χ3v) is 6.01. The highest BCUT2D eigenvalue weighted by Gasteiger charge is 2.72. The second-order valence-electron chi connectivity index (χ2n) is 8.52. The number of anilines is 2. The maximum Gasteiger partial charge on any atom is 0.411 e. The van der Waals surface area contributed by atoms with Gasteiger partial charge in [-0.2, -0.15) is 36.9 Å². The van der Waals surface area contributed by atoms with E-state index in [9.17, 15) is 26.3 Å². The van der Waals surface area contributed by atoms with Crippen molar-refractivity contribution in [2.45, 2.75) is 17.8 Å². The molecule has 0 spiro atoms. The van der Waals surface area contributed by atoms with Crippen molar-refractivity contribution < 1.29 is 35.8 Å². The maximum atomic E-state index is 14.5. The van der Waals surface area contributed by atoms with Crippen LogP contribution in [0.5, 0.6) is 23.0 Å². The first-order valence-electron chi connectivity index (χ1n) is 11.7. The van der Waals surface area contributed by atoms with Gasteiger partial charge in [0.05, 0.1) is 0 Å². The van der Waals surface area contributed by atoms with Gasteiger partial charge in [0.2, 0.25) is 5.41 Å². The lowest BCUT2D eigenvalue weighted by Gasteiger charge is -2.38. The normalized spacial score (nSPS) is 11.6. The Kier molecular flexibility index (Phi) is 7.96. The smallest absolute Gasteiger partial charge is 0.411 e. The van der Waals surface area contributed by atoms with Crippen LogP contribution in [0.3, 0.4) is 0 Å². The topological polar surface area (TPSA) is 90.1 Å². The number of rotatable bonds is 8. The number of alkyl halides is 6. The summed E-state index contributed by atoms with van der Waals surface area (Å²) in [5.74, 6) is 0.525. The average molecular weight is 568 g/mol. The standard InChI is InChI=1S/C29H18F6N4O2/c30-28(31,32)27(29(33,34)35,19-1-9-23(10-2-19)40-25-13-5-21(6-14-25)38-17-36)20-3-11-24(12-4-20)41-26-15-7-22(8-16-26)39-18-37/h1-16,38-39H. The molecule has 4 rings (SSSR count). The van der Waals surface area contributed by atoms with Crippen LogP contribution in [0.15, 0.2) is 97.1 Å². The van der Waals surface area contributed by atoms with Crippen molar-refractivity contribution in [3.05, 3.63) is 108 Å². The summed E-state index contributed by atoms with van der Waals surface area (Å²) < 4.78 is 98.1. The van der Waals surface area contributed by atoms with Crippen molar-refractivity contribution in [3.63, 3.8) is 0 Å². The molecular formula is C29H18F6N4O2. The fourth-order valence-corrected chi connectivity index (χ4v) is 4.14. The molecule has 0 aliphatic carbocycles. The quantitative estimate of drug-likeness (QED) is 0.126. The minimum absolute atomic E-state index is 0.00716. The van der Waals surface area contributed by atoms with Crippen molar-refractivity contribution >= 4 is 11.4 Å². The zero-order valence-corrected chi connectivity index (χ0v) is 20.7. The second-order valence-corrected chi connectivity index (χ2v) is 8.52. The molecule has 0 amide bonds. The minimum atomic E-state index is -5.76. The summed E-state index contributed by atoms with van der Waals surface area (Å²) in [6, 6.07) is 18.9. The predicted molar refractivity (Wildman–Crippen MR) is 137 cm³/mol. The van der Waals surface area contributed by atoms with E-state index in [-0.39, 0.29) is 23.0 Å². The van der Waals surface area contributed by atoms with Crippen molar-refractivity contribution in [1.82, 2.24) is 0 Å². The molecule has 0 heterocycles. The summed E-state index contributed by atoms with van der Waals surface area (Å²) in [5.41, 5.74) is -5.50. The minimum Gasteiger partial charge on any atom is -0.457 e. The van der Waals surface area contributed by atoms with Gasteiger partial charge in [-0.15, -0.1) is 0 Å². The van der Waals surface area contributed by atoms with Crippen LogP contribution < -0.4 is 20.1 Å². The van der Waals surface area contributed by atoms with Crippen LogP contribution in [0.1, 0.15) is 11.1 Å². The number of hydrogen-bond acceptors (Lipinski definition) is 6. The Labute approximate surface area is 230 Å². The van der Waals surface area contributed by atoms with E-state index in [4.69, 9.17) is 20.0 Å². The maximum absolute atomic E-state index is 14.5. The molecule has 12 heteroatoms. The summed E-state index contributed by atoms with van der Waals surface area (Å²) in [6.07, 6.45) is -8.05. The first-order valence-corrected chi connectivity index (χ1v) is 11.7. The van der Waals surface area contributed by atoms with Gasteiger partial charge in [0, 0.05) is 11.4 Å². The number of nitrogens with one attached hydrogen (secondary N) is 2. The molecule has 0 atom stereocenters. The van der Waals surface area contributed by atoms with Crippen LogP contribution in [0, 0.1) is 22.9 Å². The largest absolute Gasteiger partial charge is 0.457 e. The lowest BCUT2D eigenvalue weighted by Crippen LogP contribution is -2.54. The average Bonchev–Trinajstić information content (AvgIpc) is 2.92. The van der Waals surface area contributed by atoms with Crippen LogP contribution in [0.2, 0.25) is 0 Å². The molecular weight excluding hydrogens is 550 g/mol. The molecule has 0 radical (unpaired) electrons. The SMILES string of the molecule is N#CNc1ccc(Oc2ccc(C(c3ccc(Oc4ccc(NC#N)cc4)cc3)(C(F)(F)F)C(F)(F)F)cc2)cc1. The number of benzene rings is 4. The molecule has 208 valence electrons. The van der Waals surface area contributed by atoms with Gasteiger partial charge in [-0.3, -0.25) is 10.6 Å². The molecule has 41 heavy (non-hydrogen) atoms. The molecule has 0 aliphatic rings. The van der Waals surface area contributed by atoms with E-state index in [1.807, 2.05) is 0 Å². The number of halogens is 6.